The Hall–Kier alpha value is -3.42. The summed E-state index contributed by atoms with van der Waals surface area (Å²) in [6.45, 7) is 3.87. The highest BCUT2D eigenvalue weighted by atomic mass is 19.1. The molecular formula is C23H23FN4O3. The molecule has 3 aromatic rings. The van der Waals surface area contributed by atoms with E-state index in [1.165, 1.54) is 7.11 Å². The Bertz CT molecular complexity index is 1180. The van der Waals surface area contributed by atoms with Crippen molar-refractivity contribution in [3.8, 4) is 17.0 Å². The Morgan fingerprint density at radius 1 is 1.19 bits per heavy atom. The molecule has 160 valence electrons. The van der Waals surface area contributed by atoms with Gasteiger partial charge in [0.05, 0.1) is 18.5 Å². The Morgan fingerprint density at radius 3 is 2.61 bits per heavy atom. The summed E-state index contributed by atoms with van der Waals surface area (Å²) >= 11 is 0. The summed E-state index contributed by atoms with van der Waals surface area (Å²) < 4.78 is 18.6. The maximum atomic E-state index is 13.1. The molecule has 3 heterocycles. The molecule has 8 heteroatoms. The summed E-state index contributed by atoms with van der Waals surface area (Å²) in [6, 6.07) is 5.30. The van der Waals surface area contributed by atoms with Gasteiger partial charge in [0.15, 0.2) is 5.78 Å². The monoisotopic (exact) mass is 422 g/mol. The van der Waals surface area contributed by atoms with Crippen LogP contribution in [0.2, 0.25) is 0 Å². The van der Waals surface area contributed by atoms with E-state index in [0.717, 1.165) is 28.5 Å². The maximum absolute atomic E-state index is 13.1. The Kier molecular flexibility index (Phi) is 5.63. The van der Waals surface area contributed by atoms with Crippen molar-refractivity contribution < 1.29 is 18.7 Å². The predicted molar refractivity (Wildman–Crippen MR) is 115 cm³/mol. The topological polar surface area (TPSA) is 94.1 Å². The third kappa shape index (κ3) is 4.23. The number of pyridine rings is 3. The normalized spacial score (nSPS) is 17.4. The van der Waals surface area contributed by atoms with E-state index in [1.54, 1.807) is 24.5 Å². The quantitative estimate of drug-likeness (QED) is 0.571. The predicted octanol–water partition coefficient (Wildman–Crippen LogP) is 4.29. The molecule has 0 unspecified atom stereocenters. The van der Waals surface area contributed by atoms with Gasteiger partial charge in [0, 0.05) is 41.4 Å². The number of nitrogens with zero attached hydrogens (tertiary/aromatic N) is 3. The Labute approximate surface area is 179 Å². The van der Waals surface area contributed by atoms with Crippen LogP contribution in [0.5, 0.6) is 5.88 Å². The van der Waals surface area contributed by atoms with Crippen molar-refractivity contribution in [3.05, 3.63) is 41.9 Å². The lowest BCUT2D eigenvalue weighted by Gasteiger charge is -2.13. The van der Waals surface area contributed by atoms with E-state index in [4.69, 9.17) is 4.74 Å². The number of alkyl halides is 1. The van der Waals surface area contributed by atoms with Crippen molar-refractivity contribution in [1.29, 1.82) is 0 Å². The van der Waals surface area contributed by atoms with Crippen LogP contribution in [0.25, 0.3) is 22.0 Å². The number of ether oxygens (including phenoxy) is 1. The van der Waals surface area contributed by atoms with Crippen molar-refractivity contribution in [3.63, 3.8) is 0 Å². The summed E-state index contributed by atoms with van der Waals surface area (Å²) in [5.74, 6) is -0.243. The highest BCUT2D eigenvalue weighted by Crippen LogP contribution is 2.36. The number of aryl methyl sites for hydroxylation is 1. The summed E-state index contributed by atoms with van der Waals surface area (Å²) in [7, 11) is 1.53. The number of hydrogen-bond acceptors (Lipinski definition) is 6. The first-order chi connectivity index (χ1) is 14.9. The van der Waals surface area contributed by atoms with Gasteiger partial charge < -0.3 is 10.1 Å². The largest absolute Gasteiger partial charge is 0.481 e. The summed E-state index contributed by atoms with van der Waals surface area (Å²) in [5.41, 5.74) is 3.45. The van der Waals surface area contributed by atoms with Gasteiger partial charge in [-0.3, -0.25) is 14.6 Å². The number of fused-ring (bicyclic) bond motifs is 1. The van der Waals surface area contributed by atoms with Crippen molar-refractivity contribution >= 4 is 28.4 Å². The first-order valence-electron chi connectivity index (χ1n) is 10.2. The van der Waals surface area contributed by atoms with Crippen LogP contribution in [0.15, 0.2) is 30.6 Å². The van der Waals surface area contributed by atoms with Crippen molar-refractivity contribution in [2.75, 3.05) is 12.4 Å². The van der Waals surface area contributed by atoms with Crippen LogP contribution >= 0.6 is 0 Å². The zero-order valence-corrected chi connectivity index (χ0v) is 17.6. The van der Waals surface area contributed by atoms with Crippen LogP contribution < -0.4 is 10.1 Å². The highest BCUT2D eigenvalue weighted by molar-refractivity contribution is 5.97. The van der Waals surface area contributed by atoms with Gasteiger partial charge in [-0.2, -0.15) is 0 Å². The fraction of sp³-hybridized carbons (Fsp3) is 0.348. The van der Waals surface area contributed by atoms with Crippen LogP contribution in [-0.4, -0.2) is 39.9 Å². The third-order valence-corrected chi connectivity index (χ3v) is 5.32. The fourth-order valence-corrected chi connectivity index (χ4v) is 3.47. The highest BCUT2D eigenvalue weighted by Gasteiger charge is 2.43. The van der Waals surface area contributed by atoms with Gasteiger partial charge in [-0.05, 0) is 37.5 Å². The second-order valence-corrected chi connectivity index (χ2v) is 7.71. The lowest BCUT2D eigenvalue weighted by Crippen LogP contribution is -2.15. The fourth-order valence-electron chi connectivity index (χ4n) is 3.47. The van der Waals surface area contributed by atoms with E-state index in [-0.39, 0.29) is 18.1 Å². The van der Waals surface area contributed by atoms with Crippen LogP contribution in [0, 0.1) is 12.8 Å². The number of halogens is 1. The number of methoxy groups -OCH3 is 1. The second-order valence-electron chi connectivity index (χ2n) is 7.71. The molecule has 0 saturated heterocycles. The molecule has 31 heavy (non-hydrogen) atoms. The molecule has 4 rings (SSSR count). The van der Waals surface area contributed by atoms with Gasteiger partial charge in [0.25, 0.3) is 0 Å². The number of amides is 1. The summed E-state index contributed by atoms with van der Waals surface area (Å²) in [5, 5.41) is 3.38. The van der Waals surface area contributed by atoms with Gasteiger partial charge in [-0.25, -0.2) is 14.4 Å². The second kappa shape index (κ2) is 8.37. The van der Waals surface area contributed by atoms with Crippen molar-refractivity contribution in [2.24, 2.45) is 5.92 Å². The number of Topliss-reactive ketones (excluding diaryl/α,β-unsaturated/α-hetero) is 1. The molecule has 1 aliphatic rings. The smallest absolute Gasteiger partial charge is 0.231 e. The minimum absolute atomic E-state index is 0.0183. The molecule has 0 aliphatic heterocycles. The van der Waals surface area contributed by atoms with Crippen LogP contribution in [0.1, 0.15) is 42.2 Å². The number of carbonyl (C=O) groups excluding carboxylic acids is 2. The molecule has 0 spiro atoms. The summed E-state index contributed by atoms with van der Waals surface area (Å²) in [4.78, 5) is 37.3. The van der Waals surface area contributed by atoms with E-state index >= 15 is 0 Å². The molecular weight excluding hydrogens is 399 g/mol. The first kappa shape index (κ1) is 20.8. The zero-order chi connectivity index (χ0) is 22.1. The molecule has 2 atom stereocenters. The number of hydrogen-bond donors (Lipinski definition) is 1. The lowest BCUT2D eigenvalue weighted by atomic mass is 10.0. The number of anilines is 1. The molecule has 0 aromatic carbocycles. The van der Waals surface area contributed by atoms with Gasteiger partial charge >= 0.3 is 0 Å². The third-order valence-electron chi connectivity index (χ3n) is 5.32. The molecule has 1 N–H and O–H groups in total. The van der Waals surface area contributed by atoms with E-state index in [9.17, 15) is 14.0 Å². The van der Waals surface area contributed by atoms with Crippen molar-refractivity contribution in [1.82, 2.24) is 15.0 Å². The summed E-state index contributed by atoms with van der Waals surface area (Å²) in [6.07, 6.45) is 3.68. The molecule has 1 amide bonds. The molecule has 0 radical (unpaired) electrons. The SMILES string of the molecule is CCCC(=O)c1cc(C)c(-c2cc3cnc(NC(=O)[C@H]4C[C@H]4F)cc3nc2OC)cn1. The average Bonchev–Trinajstić information content (AvgIpc) is 3.49. The van der Waals surface area contributed by atoms with E-state index in [0.29, 0.717) is 29.3 Å². The van der Waals surface area contributed by atoms with E-state index < -0.39 is 12.1 Å². The van der Waals surface area contributed by atoms with Gasteiger partial charge in [-0.15, -0.1) is 0 Å². The molecule has 1 aliphatic carbocycles. The van der Waals surface area contributed by atoms with Gasteiger partial charge in [0.1, 0.15) is 17.7 Å². The minimum atomic E-state index is -1.07. The lowest BCUT2D eigenvalue weighted by molar-refractivity contribution is -0.117. The number of nitrogens with one attached hydrogen (secondary N) is 1. The molecule has 7 nitrogen and oxygen atoms in total. The van der Waals surface area contributed by atoms with Crippen LogP contribution in [0.3, 0.4) is 0 Å². The molecule has 1 saturated carbocycles. The Morgan fingerprint density at radius 2 is 1.97 bits per heavy atom. The molecule has 1 fully saturated rings. The number of ketones is 1. The van der Waals surface area contributed by atoms with E-state index in [2.05, 4.69) is 20.3 Å². The average molecular weight is 422 g/mol. The standard InChI is InChI=1S/C23H23FN4O3/c1-4-5-20(29)19-6-12(2)16(11-25-19)14-7-13-10-26-21(9-18(13)27-23(14)31-3)28-22(30)15-8-17(15)24/h6-7,9-11,15,17H,4-5,8H2,1-3H3,(H,26,28,30)/t15-,17+/m0/s1. The first-order valence-corrected chi connectivity index (χ1v) is 10.2. The number of rotatable bonds is 7. The maximum Gasteiger partial charge on any atom is 0.231 e. The van der Waals surface area contributed by atoms with Gasteiger partial charge in [0.2, 0.25) is 11.8 Å². The minimum Gasteiger partial charge on any atom is -0.481 e. The van der Waals surface area contributed by atoms with Crippen LogP contribution in [0.4, 0.5) is 10.2 Å². The molecule has 0 bridgehead atoms. The number of aromatic nitrogens is 3. The van der Waals surface area contributed by atoms with E-state index in [1.807, 2.05) is 19.9 Å². The molecule has 3 aromatic heterocycles. The zero-order valence-electron chi connectivity index (χ0n) is 17.6. The number of carbonyl (C=O) groups is 2. The Balaban J connectivity index is 1.67. The van der Waals surface area contributed by atoms with Crippen LogP contribution in [-0.2, 0) is 4.79 Å². The van der Waals surface area contributed by atoms with Gasteiger partial charge in [-0.1, -0.05) is 6.92 Å². The van der Waals surface area contributed by atoms with Crippen molar-refractivity contribution in [2.45, 2.75) is 39.3 Å².